The first-order chi connectivity index (χ1) is 11.0. The van der Waals surface area contributed by atoms with Gasteiger partial charge >= 0.3 is 0 Å². The van der Waals surface area contributed by atoms with Crippen molar-refractivity contribution in [1.29, 1.82) is 0 Å². The lowest BCUT2D eigenvalue weighted by Crippen LogP contribution is -2.46. The van der Waals surface area contributed by atoms with Gasteiger partial charge in [0.2, 0.25) is 5.91 Å². The SMILES string of the molecule is CCC1(CO)CCN(CC(=O)NC(C)c2ccccc2Cl)CC1. The van der Waals surface area contributed by atoms with E-state index in [0.29, 0.717) is 11.6 Å². The van der Waals surface area contributed by atoms with Crippen LogP contribution in [-0.4, -0.2) is 42.2 Å². The molecule has 1 aromatic rings. The number of halogens is 1. The van der Waals surface area contributed by atoms with Crippen LogP contribution in [0.3, 0.4) is 0 Å². The molecular formula is C18H27ClN2O2. The molecule has 4 nitrogen and oxygen atoms in total. The summed E-state index contributed by atoms with van der Waals surface area (Å²) in [6, 6.07) is 7.48. The van der Waals surface area contributed by atoms with Crippen molar-refractivity contribution in [2.75, 3.05) is 26.2 Å². The fourth-order valence-electron chi connectivity index (χ4n) is 3.20. The lowest BCUT2D eigenvalue weighted by molar-refractivity contribution is -0.123. The molecule has 1 fully saturated rings. The number of likely N-dealkylation sites (tertiary alicyclic amines) is 1. The van der Waals surface area contributed by atoms with Crippen molar-refractivity contribution in [1.82, 2.24) is 10.2 Å². The van der Waals surface area contributed by atoms with Gasteiger partial charge in [0.15, 0.2) is 0 Å². The molecule has 5 heteroatoms. The second kappa shape index (κ2) is 8.13. The number of carbonyl (C=O) groups is 1. The van der Waals surface area contributed by atoms with Crippen LogP contribution < -0.4 is 5.32 Å². The summed E-state index contributed by atoms with van der Waals surface area (Å²) in [6.07, 6.45) is 2.90. The second-order valence-electron chi connectivity index (χ2n) is 6.60. The van der Waals surface area contributed by atoms with Crippen LogP contribution in [0.2, 0.25) is 5.02 Å². The lowest BCUT2D eigenvalue weighted by atomic mass is 9.77. The van der Waals surface area contributed by atoms with E-state index in [-0.39, 0.29) is 24.0 Å². The van der Waals surface area contributed by atoms with Gasteiger partial charge in [-0.05, 0) is 56.3 Å². The number of piperidine rings is 1. The van der Waals surface area contributed by atoms with Gasteiger partial charge in [-0.2, -0.15) is 0 Å². The van der Waals surface area contributed by atoms with Crippen molar-refractivity contribution in [3.63, 3.8) is 0 Å². The molecule has 1 aliphatic heterocycles. The first-order valence-corrected chi connectivity index (χ1v) is 8.74. The lowest BCUT2D eigenvalue weighted by Gasteiger charge is -2.40. The van der Waals surface area contributed by atoms with Gasteiger partial charge in [0.25, 0.3) is 0 Å². The van der Waals surface area contributed by atoms with Crippen molar-refractivity contribution < 1.29 is 9.90 Å². The van der Waals surface area contributed by atoms with Crippen LogP contribution in [0.25, 0.3) is 0 Å². The van der Waals surface area contributed by atoms with Gasteiger partial charge in [0, 0.05) is 11.6 Å². The fourth-order valence-corrected chi connectivity index (χ4v) is 3.50. The van der Waals surface area contributed by atoms with Crippen molar-refractivity contribution >= 4 is 17.5 Å². The summed E-state index contributed by atoms with van der Waals surface area (Å²) in [5.41, 5.74) is 0.990. The number of hydrogen-bond acceptors (Lipinski definition) is 3. The zero-order valence-corrected chi connectivity index (χ0v) is 14.8. The molecule has 1 atom stereocenters. The van der Waals surface area contributed by atoms with Crippen LogP contribution in [0.5, 0.6) is 0 Å². The van der Waals surface area contributed by atoms with Gasteiger partial charge in [0.1, 0.15) is 0 Å². The molecule has 0 aromatic heterocycles. The number of amides is 1. The smallest absolute Gasteiger partial charge is 0.234 e. The Bertz CT molecular complexity index is 522. The third kappa shape index (κ3) is 4.69. The van der Waals surface area contributed by atoms with Crippen LogP contribution >= 0.6 is 11.6 Å². The Labute approximate surface area is 143 Å². The molecule has 1 aromatic carbocycles. The van der Waals surface area contributed by atoms with Gasteiger partial charge < -0.3 is 10.4 Å². The predicted molar refractivity (Wildman–Crippen MR) is 93.5 cm³/mol. The summed E-state index contributed by atoms with van der Waals surface area (Å²) in [6.45, 7) is 6.45. The molecule has 23 heavy (non-hydrogen) atoms. The Hall–Kier alpha value is -1.10. The summed E-state index contributed by atoms with van der Waals surface area (Å²) in [5.74, 6) is 0.0189. The molecule has 128 valence electrons. The Kier molecular flexibility index (Phi) is 6.45. The number of hydrogen-bond donors (Lipinski definition) is 2. The maximum Gasteiger partial charge on any atom is 0.234 e. The highest BCUT2D eigenvalue weighted by Crippen LogP contribution is 2.34. The molecule has 2 rings (SSSR count). The molecule has 0 saturated carbocycles. The highest BCUT2D eigenvalue weighted by atomic mass is 35.5. The predicted octanol–water partition coefficient (Wildman–Crippen LogP) is 3.00. The molecule has 0 aliphatic carbocycles. The average Bonchev–Trinajstić information content (AvgIpc) is 2.56. The number of aliphatic hydroxyl groups is 1. The minimum atomic E-state index is -0.104. The largest absolute Gasteiger partial charge is 0.396 e. The summed E-state index contributed by atoms with van der Waals surface area (Å²) in [7, 11) is 0. The Balaban J connectivity index is 1.83. The number of nitrogens with zero attached hydrogens (tertiary/aromatic N) is 1. The van der Waals surface area contributed by atoms with Crippen LogP contribution in [0.4, 0.5) is 0 Å². The Morgan fingerprint density at radius 1 is 1.39 bits per heavy atom. The normalized spacial score (nSPS) is 19.3. The zero-order valence-electron chi connectivity index (χ0n) is 14.0. The average molecular weight is 339 g/mol. The molecule has 1 aliphatic rings. The minimum Gasteiger partial charge on any atom is -0.396 e. The number of carbonyl (C=O) groups excluding carboxylic acids is 1. The molecule has 1 heterocycles. The van der Waals surface area contributed by atoms with Crippen molar-refractivity contribution in [2.45, 2.75) is 39.2 Å². The van der Waals surface area contributed by atoms with Crippen LogP contribution in [0, 0.1) is 5.41 Å². The summed E-state index contributed by atoms with van der Waals surface area (Å²) in [5, 5.41) is 13.3. The van der Waals surface area contributed by atoms with Gasteiger partial charge in [0.05, 0.1) is 12.6 Å². The molecule has 2 N–H and O–H groups in total. The zero-order chi connectivity index (χ0) is 16.9. The molecule has 0 bridgehead atoms. The number of benzene rings is 1. The standard InChI is InChI=1S/C18H27ClN2O2/c1-3-18(13-22)8-10-21(11-9-18)12-17(23)20-14(2)15-6-4-5-7-16(15)19/h4-7,14,22H,3,8-13H2,1-2H3,(H,20,23). The van der Waals surface area contributed by atoms with E-state index in [1.165, 1.54) is 0 Å². The highest BCUT2D eigenvalue weighted by molar-refractivity contribution is 6.31. The van der Waals surface area contributed by atoms with Crippen LogP contribution in [-0.2, 0) is 4.79 Å². The van der Waals surface area contributed by atoms with E-state index < -0.39 is 0 Å². The van der Waals surface area contributed by atoms with Crippen LogP contribution in [0.1, 0.15) is 44.7 Å². The monoisotopic (exact) mass is 338 g/mol. The number of rotatable bonds is 6. The summed E-state index contributed by atoms with van der Waals surface area (Å²) < 4.78 is 0. The van der Waals surface area contributed by atoms with Gasteiger partial charge in [-0.3, -0.25) is 9.69 Å². The first kappa shape index (κ1) is 18.2. The Morgan fingerprint density at radius 3 is 2.61 bits per heavy atom. The van der Waals surface area contributed by atoms with Crippen molar-refractivity contribution in [3.8, 4) is 0 Å². The van der Waals surface area contributed by atoms with Crippen LogP contribution in [0.15, 0.2) is 24.3 Å². The quantitative estimate of drug-likeness (QED) is 0.838. The van der Waals surface area contributed by atoms with E-state index in [2.05, 4.69) is 17.1 Å². The minimum absolute atomic E-state index is 0.0189. The summed E-state index contributed by atoms with van der Waals surface area (Å²) >= 11 is 6.17. The topological polar surface area (TPSA) is 52.6 Å². The van der Waals surface area contributed by atoms with Crippen molar-refractivity contribution in [2.24, 2.45) is 5.41 Å². The van der Waals surface area contributed by atoms with E-state index in [9.17, 15) is 9.90 Å². The molecule has 1 saturated heterocycles. The molecular weight excluding hydrogens is 312 g/mol. The van der Waals surface area contributed by atoms with E-state index in [4.69, 9.17) is 11.6 Å². The molecule has 0 radical (unpaired) electrons. The van der Waals surface area contributed by atoms with Gasteiger partial charge in [-0.1, -0.05) is 36.7 Å². The Morgan fingerprint density at radius 2 is 2.04 bits per heavy atom. The van der Waals surface area contributed by atoms with E-state index in [1.807, 2.05) is 31.2 Å². The third-order valence-electron chi connectivity index (χ3n) is 5.12. The van der Waals surface area contributed by atoms with E-state index >= 15 is 0 Å². The molecule has 0 spiro atoms. The second-order valence-corrected chi connectivity index (χ2v) is 7.01. The molecule has 1 unspecified atom stereocenters. The number of nitrogens with one attached hydrogen (secondary N) is 1. The summed E-state index contributed by atoms with van der Waals surface area (Å²) in [4.78, 5) is 14.4. The van der Waals surface area contributed by atoms with Crippen molar-refractivity contribution in [3.05, 3.63) is 34.9 Å². The van der Waals surface area contributed by atoms with Gasteiger partial charge in [-0.25, -0.2) is 0 Å². The highest BCUT2D eigenvalue weighted by Gasteiger charge is 2.32. The number of aliphatic hydroxyl groups excluding tert-OH is 1. The first-order valence-electron chi connectivity index (χ1n) is 8.36. The van der Waals surface area contributed by atoms with E-state index in [0.717, 1.165) is 37.9 Å². The third-order valence-corrected chi connectivity index (χ3v) is 5.46. The fraction of sp³-hybridized carbons (Fsp3) is 0.611. The maximum atomic E-state index is 12.3. The maximum absolute atomic E-state index is 12.3. The molecule has 1 amide bonds. The van der Waals surface area contributed by atoms with E-state index in [1.54, 1.807) is 0 Å². The van der Waals surface area contributed by atoms with Gasteiger partial charge in [-0.15, -0.1) is 0 Å².